The Kier molecular flexibility index (Phi) is 3.96. The molecule has 0 N–H and O–H groups in total. The van der Waals surface area contributed by atoms with E-state index in [0.717, 1.165) is 10.4 Å². The first-order valence-electron chi connectivity index (χ1n) is 8.28. The maximum atomic E-state index is 12.4. The summed E-state index contributed by atoms with van der Waals surface area (Å²) in [6.07, 6.45) is 0. The molecule has 130 valence electrons. The van der Waals surface area contributed by atoms with Crippen LogP contribution in [-0.4, -0.2) is 26.7 Å². The summed E-state index contributed by atoms with van der Waals surface area (Å²) >= 11 is 0. The number of benzene rings is 2. The van der Waals surface area contributed by atoms with Crippen molar-refractivity contribution in [2.75, 3.05) is 11.4 Å². The Morgan fingerprint density at radius 3 is 2.23 bits per heavy atom. The first-order valence-corrected chi connectivity index (χ1v) is 8.28. The van der Waals surface area contributed by atoms with Gasteiger partial charge in [-0.2, -0.15) is 0 Å². The average Bonchev–Trinajstić information content (AvgIpc) is 3.11. The summed E-state index contributed by atoms with van der Waals surface area (Å²) in [6.45, 7) is 0.662. The largest absolute Gasteiger partial charge is 0.333 e. The van der Waals surface area contributed by atoms with Crippen LogP contribution in [0.4, 0.5) is 11.6 Å². The van der Waals surface area contributed by atoms with Gasteiger partial charge in [-0.05, 0) is 12.1 Å². The van der Waals surface area contributed by atoms with E-state index in [4.69, 9.17) is 0 Å². The molecule has 0 radical (unpaired) electrons. The van der Waals surface area contributed by atoms with Crippen LogP contribution in [-0.2, 0) is 13.1 Å². The van der Waals surface area contributed by atoms with Crippen LogP contribution in [0.25, 0.3) is 0 Å². The number of carbonyl (C=O) groups excluding carboxylic acids is 1. The summed E-state index contributed by atoms with van der Waals surface area (Å²) < 4.78 is 2.32. The van der Waals surface area contributed by atoms with Crippen molar-refractivity contribution in [1.29, 1.82) is 0 Å². The van der Waals surface area contributed by atoms with E-state index in [2.05, 4.69) is 5.10 Å². The third kappa shape index (κ3) is 2.73. The molecule has 0 spiro atoms. The highest BCUT2D eigenvalue weighted by molar-refractivity contribution is 5.95. The molecule has 2 heterocycles. The maximum Gasteiger partial charge on any atom is 0.333 e. The molecule has 0 saturated carbocycles. The number of para-hydroxylation sites is 1. The van der Waals surface area contributed by atoms with Gasteiger partial charge in [-0.15, -0.1) is 5.10 Å². The molecule has 0 bridgehead atoms. The second kappa shape index (κ2) is 6.44. The van der Waals surface area contributed by atoms with Crippen molar-refractivity contribution in [3.8, 4) is 0 Å². The van der Waals surface area contributed by atoms with Gasteiger partial charge in [0.25, 0.3) is 0 Å². The highest BCUT2D eigenvalue weighted by Gasteiger charge is 2.26. The van der Waals surface area contributed by atoms with Gasteiger partial charge in [-0.25, -0.2) is 4.68 Å². The standard InChI is InChI=1S/C19H16N4O3/c24-16(14-7-3-1-4-8-14)13-23-18(26)17(25)22-12-11-21(19(22)20-23)15-9-5-2-6-10-15/h1-10H,11-13H2. The summed E-state index contributed by atoms with van der Waals surface area (Å²) in [5.41, 5.74) is -0.0887. The molecule has 0 unspecified atom stereocenters. The molecule has 0 fully saturated rings. The van der Waals surface area contributed by atoms with Crippen molar-refractivity contribution in [3.63, 3.8) is 0 Å². The predicted octanol–water partition coefficient (Wildman–Crippen LogP) is 1.44. The number of hydrogen-bond donors (Lipinski definition) is 0. The van der Waals surface area contributed by atoms with Crippen LogP contribution in [0.15, 0.2) is 70.3 Å². The maximum absolute atomic E-state index is 12.4. The number of ketones is 1. The lowest BCUT2D eigenvalue weighted by atomic mass is 10.1. The Balaban J connectivity index is 1.74. The molecule has 2 aromatic carbocycles. The minimum absolute atomic E-state index is 0.269. The smallest absolute Gasteiger partial charge is 0.309 e. The lowest BCUT2D eigenvalue weighted by molar-refractivity contribution is 0.0965. The Morgan fingerprint density at radius 1 is 0.885 bits per heavy atom. The number of nitrogens with zero attached hydrogens (tertiary/aromatic N) is 4. The molecule has 1 aliphatic heterocycles. The molecule has 3 aromatic rings. The fraction of sp³-hybridized carbons (Fsp3) is 0.158. The van der Waals surface area contributed by atoms with E-state index in [1.165, 1.54) is 4.57 Å². The summed E-state index contributed by atoms with van der Waals surface area (Å²) in [5.74, 6) is 0.107. The number of anilines is 2. The van der Waals surface area contributed by atoms with Crippen LogP contribution in [0.2, 0.25) is 0 Å². The zero-order valence-electron chi connectivity index (χ0n) is 13.9. The predicted molar refractivity (Wildman–Crippen MR) is 97.0 cm³/mol. The van der Waals surface area contributed by atoms with Crippen LogP contribution in [0.3, 0.4) is 0 Å². The monoisotopic (exact) mass is 348 g/mol. The van der Waals surface area contributed by atoms with Gasteiger partial charge in [-0.1, -0.05) is 48.5 Å². The van der Waals surface area contributed by atoms with E-state index in [1.807, 2.05) is 35.2 Å². The number of fused-ring (bicyclic) bond motifs is 1. The molecular formula is C19H16N4O3. The van der Waals surface area contributed by atoms with Gasteiger partial charge in [-0.3, -0.25) is 19.0 Å². The molecule has 0 amide bonds. The first kappa shape index (κ1) is 16.0. The molecular weight excluding hydrogens is 332 g/mol. The summed E-state index contributed by atoms with van der Waals surface area (Å²) in [5, 5.41) is 4.31. The molecule has 1 aromatic heterocycles. The zero-order valence-corrected chi connectivity index (χ0v) is 13.9. The second-order valence-electron chi connectivity index (χ2n) is 6.00. The molecule has 7 nitrogen and oxygen atoms in total. The fourth-order valence-corrected chi connectivity index (χ4v) is 3.04. The SMILES string of the molecule is O=C(Cn1nc2n(c(=O)c1=O)CCN2c1ccccc1)c1ccccc1. The minimum Gasteiger partial charge on any atom is -0.309 e. The Hall–Kier alpha value is -3.48. The highest BCUT2D eigenvalue weighted by atomic mass is 16.2. The number of hydrogen-bond acceptors (Lipinski definition) is 5. The number of carbonyl (C=O) groups is 1. The van der Waals surface area contributed by atoms with Gasteiger partial charge in [0.1, 0.15) is 6.54 Å². The molecule has 1 aliphatic rings. The van der Waals surface area contributed by atoms with Crippen LogP contribution >= 0.6 is 0 Å². The van der Waals surface area contributed by atoms with E-state index < -0.39 is 11.1 Å². The van der Waals surface area contributed by atoms with Crippen molar-refractivity contribution in [1.82, 2.24) is 14.3 Å². The first-order chi connectivity index (χ1) is 12.6. The highest BCUT2D eigenvalue weighted by Crippen LogP contribution is 2.25. The molecule has 0 atom stereocenters. The molecule has 4 rings (SSSR count). The van der Waals surface area contributed by atoms with Gasteiger partial charge < -0.3 is 4.90 Å². The van der Waals surface area contributed by atoms with Crippen molar-refractivity contribution in [2.24, 2.45) is 0 Å². The van der Waals surface area contributed by atoms with Crippen molar-refractivity contribution < 1.29 is 4.79 Å². The topological polar surface area (TPSA) is 77.2 Å². The number of aromatic nitrogens is 3. The summed E-state index contributed by atoms with van der Waals surface area (Å²) in [7, 11) is 0. The van der Waals surface area contributed by atoms with Gasteiger partial charge in [0.2, 0.25) is 5.95 Å². The Morgan fingerprint density at radius 2 is 1.54 bits per heavy atom. The normalized spacial score (nSPS) is 12.8. The van der Waals surface area contributed by atoms with E-state index in [1.54, 1.807) is 30.3 Å². The van der Waals surface area contributed by atoms with E-state index >= 15 is 0 Å². The van der Waals surface area contributed by atoms with Gasteiger partial charge in [0.15, 0.2) is 5.78 Å². The second-order valence-corrected chi connectivity index (χ2v) is 6.00. The van der Waals surface area contributed by atoms with Crippen LogP contribution in [0.1, 0.15) is 10.4 Å². The number of Topliss-reactive ketones (excluding diaryl/α,β-unsaturated/α-hetero) is 1. The van der Waals surface area contributed by atoms with Crippen LogP contribution in [0.5, 0.6) is 0 Å². The minimum atomic E-state index is -0.784. The zero-order chi connectivity index (χ0) is 18.1. The quantitative estimate of drug-likeness (QED) is 0.527. The summed E-state index contributed by atoms with van der Waals surface area (Å²) in [6, 6.07) is 18.2. The Bertz CT molecular complexity index is 1070. The van der Waals surface area contributed by atoms with Crippen molar-refractivity contribution >= 4 is 17.4 Å². The van der Waals surface area contributed by atoms with Crippen molar-refractivity contribution in [2.45, 2.75) is 13.1 Å². The molecule has 0 saturated heterocycles. The summed E-state index contributed by atoms with van der Waals surface area (Å²) in [4.78, 5) is 39.0. The van der Waals surface area contributed by atoms with E-state index in [9.17, 15) is 14.4 Å². The molecule has 0 aliphatic carbocycles. The molecule has 26 heavy (non-hydrogen) atoms. The van der Waals surface area contributed by atoms with Crippen LogP contribution < -0.4 is 16.0 Å². The van der Waals surface area contributed by atoms with Crippen LogP contribution in [0, 0.1) is 0 Å². The Labute approximate surface area is 148 Å². The van der Waals surface area contributed by atoms with Gasteiger partial charge >= 0.3 is 11.1 Å². The van der Waals surface area contributed by atoms with Gasteiger partial charge in [0.05, 0.1) is 0 Å². The fourth-order valence-electron chi connectivity index (χ4n) is 3.04. The molecule has 7 heteroatoms. The van der Waals surface area contributed by atoms with Crippen molar-refractivity contribution in [3.05, 3.63) is 86.9 Å². The van der Waals surface area contributed by atoms with E-state index in [0.29, 0.717) is 24.6 Å². The average molecular weight is 348 g/mol. The third-order valence-electron chi connectivity index (χ3n) is 4.36. The lowest BCUT2D eigenvalue weighted by Crippen LogP contribution is -2.43. The van der Waals surface area contributed by atoms with E-state index in [-0.39, 0.29) is 12.3 Å². The lowest BCUT2D eigenvalue weighted by Gasteiger charge is -2.17. The third-order valence-corrected chi connectivity index (χ3v) is 4.36. The number of rotatable bonds is 4. The van der Waals surface area contributed by atoms with Gasteiger partial charge in [0, 0.05) is 24.3 Å².